The fourth-order valence-corrected chi connectivity index (χ4v) is 3.31. The summed E-state index contributed by atoms with van der Waals surface area (Å²) in [5, 5.41) is 2.63. The third-order valence-electron chi connectivity index (χ3n) is 3.91. The van der Waals surface area contributed by atoms with Crippen LogP contribution in [0.15, 0.2) is 66.7 Å². The normalized spacial score (nSPS) is 11.3. The summed E-state index contributed by atoms with van der Waals surface area (Å²) in [6.45, 7) is 2.15. The molecule has 0 radical (unpaired) electrons. The van der Waals surface area contributed by atoms with Gasteiger partial charge in [0.2, 0.25) is 0 Å². The fourth-order valence-electron chi connectivity index (χ4n) is 2.95. The first-order valence-electron chi connectivity index (χ1n) is 7.00. The van der Waals surface area contributed by atoms with Crippen LogP contribution in [0.4, 0.5) is 0 Å². The number of hydrogen-bond acceptors (Lipinski definition) is 0. The molecule has 0 aliphatic heterocycles. The lowest BCUT2D eigenvalue weighted by molar-refractivity contribution is 1.17. The first kappa shape index (κ1) is 12.9. The van der Waals surface area contributed by atoms with Gasteiger partial charge in [0.25, 0.3) is 0 Å². The van der Waals surface area contributed by atoms with Crippen LogP contribution >= 0.6 is 22.6 Å². The zero-order chi connectivity index (χ0) is 14.4. The Balaban J connectivity index is 2.18. The molecule has 0 unspecified atom stereocenters. The van der Waals surface area contributed by atoms with E-state index in [2.05, 4.69) is 101 Å². The topological polar surface area (TPSA) is 4.93 Å². The highest BCUT2D eigenvalue weighted by molar-refractivity contribution is 14.1. The summed E-state index contributed by atoms with van der Waals surface area (Å²) >= 11 is 2.35. The van der Waals surface area contributed by atoms with Crippen LogP contribution in [-0.2, 0) is 0 Å². The van der Waals surface area contributed by atoms with Gasteiger partial charge in [-0.15, -0.1) is 0 Å². The van der Waals surface area contributed by atoms with Gasteiger partial charge < -0.3 is 4.57 Å². The zero-order valence-corrected chi connectivity index (χ0v) is 13.8. The number of aryl methyl sites for hydroxylation is 1. The standard InChI is InChI=1S/C19H14IN/c1-13-6-11-17-16-4-2-3-5-18(16)21(19(17)12-13)15-9-7-14(20)8-10-15/h2-12H,1H3. The Labute approximate surface area is 137 Å². The highest BCUT2D eigenvalue weighted by Gasteiger charge is 2.11. The average Bonchev–Trinajstić information content (AvgIpc) is 2.82. The van der Waals surface area contributed by atoms with Gasteiger partial charge in [-0.05, 0) is 71.5 Å². The molecule has 21 heavy (non-hydrogen) atoms. The van der Waals surface area contributed by atoms with E-state index in [1.165, 1.54) is 36.6 Å². The van der Waals surface area contributed by atoms with Crippen molar-refractivity contribution in [1.29, 1.82) is 0 Å². The number of fused-ring (bicyclic) bond motifs is 3. The first-order chi connectivity index (χ1) is 10.2. The van der Waals surface area contributed by atoms with E-state index in [9.17, 15) is 0 Å². The molecule has 0 bridgehead atoms. The van der Waals surface area contributed by atoms with Crippen LogP contribution in [0.2, 0.25) is 0 Å². The van der Waals surface area contributed by atoms with Crippen LogP contribution in [0.5, 0.6) is 0 Å². The third-order valence-corrected chi connectivity index (χ3v) is 4.63. The van der Waals surface area contributed by atoms with E-state index in [1.54, 1.807) is 0 Å². The van der Waals surface area contributed by atoms with E-state index in [0.29, 0.717) is 0 Å². The van der Waals surface area contributed by atoms with Gasteiger partial charge in [0.15, 0.2) is 0 Å². The summed E-state index contributed by atoms with van der Waals surface area (Å²) in [7, 11) is 0. The van der Waals surface area contributed by atoms with Gasteiger partial charge in [-0.2, -0.15) is 0 Å². The lowest BCUT2D eigenvalue weighted by Crippen LogP contribution is -1.93. The lowest BCUT2D eigenvalue weighted by atomic mass is 10.1. The molecule has 0 N–H and O–H groups in total. The lowest BCUT2D eigenvalue weighted by Gasteiger charge is -2.08. The van der Waals surface area contributed by atoms with Crippen molar-refractivity contribution >= 4 is 44.4 Å². The van der Waals surface area contributed by atoms with E-state index in [1.807, 2.05) is 0 Å². The van der Waals surface area contributed by atoms with Crippen LogP contribution in [-0.4, -0.2) is 4.57 Å². The van der Waals surface area contributed by atoms with Gasteiger partial charge in [-0.3, -0.25) is 0 Å². The Morgan fingerprint density at radius 3 is 2.29 bits per heavy atom. The molecular weight excluding hydrogens is 369 g/mol. The van der Waals surface area contributed by atoms with E-state index < -0.39 is 0 Å². The Hall–Kier alpha value is -1.81. The Morgan fingerprint density at radius 2 is 1.48 bits per heavy atom. The summed E-state index contributed by atoms with van der Waals surface area (Å²) in [6, 6.07) is 24.0. The molecule has 0 aliphatic rings. The van der Waals surface area contributed by atoms with Crippen molar-refractivity contribution in [3.8, 4) is 5.69 Å². The van der Waals surface area contributed by atoms with Crippen LogP contribution in [0.3, 0.4) is 0 Å². The van der Waals surface area contributed by atoms with Crippen molar-refractivity contribution < 1.29 is 0 Å². The molecular formula is C19H14IN. The van der Waals surface area contributed by atoms with Gasteiger partial charge in [0.05, 0.1) is 11.0 Å². The van der Waals surface area contributed by atoms with Gasteiger partial charge in [-0.1, -0.05) is 30.3 Å². The molecule has 1 aromatic heterocycles. The van der Waals surface area contributed by atoms with Crippen molar-refractivity contribution in [1.82, 2.24) is 4.57 Å². The number of aromatic nitrogens is 1. The highest BCUT2D eigenvalue weighted by atomic mass is 127. The van der Waals surface area contributed by atoms with Crippen LogP contribution in [0.1, 0.15) is 5.56 Å². The molecule has 2 heteroatoms. The smallest absolute Gasteiger partial charge is 0.0543 e. The van der Waals surface area contributed by atoms with E-state index in [0.717, 1.165) is 0 Å². The summed E-state index contributed by atoms with van der Waals surface area (Å²) in [5.41, 5.74) is 5.04. The number of para-hydroxylation sites is 1. The molecule has 4 rings (SSSR count). The highest BCUT2D eigenvalue weighted by Crippen LogP contribution is 2.32. The molecule has 0 spiro atoms. The predicted octanol–water partition coefficient (Wildman–Crippen LogP) is 5.70. The minimum atomic E-state index is 1.22. The second-order valence-electron chi connectivity index (χ2n) is 5.35. The Morgan fingerprint density at radius 1 is 0.762 bits per heavy atom. The fraction of sp³-hybridized carbons (Fsp3) is 0.0526. The number of hydrogen-bond donors (Lipinski definition) is 0. The van der Waals surface area contributed by atoms with E-state index in [4.69, 9.17) is 0 Å². The van der Waals surface area contributed by atoms with Gasteiger partial charge >= 0.3 is 0 Å². The van der Waals surface area contributed by atoms with E-state index in [-0.39, 0.29) is 0 Å². The first-order valence-corrected chi connectivity index (χ1v) is 8.08. The second kappa shape index (κ2) is 4.88. The minimum absolute atomic E-state index is 1.22. The molecule has 102 valence electrons. The zero-order valence-electron chi connectivity index (χ0n) is 11.7. The monoisotopic (exact) mass is 383 g/mol. The average molecular weight is 383 g/mol. The van der Waals surface area contributed by atoms with Gasteiger partial charge in [-0.25, -0.2) is 0 Å². The summed E-state index contributed by atoms with van der Waals surface area (Å²) < 4.78 is 3.61. The molecule has 4 aromatic rings. The van der Waals surface area contributed by atoms with Gasteiger partial charge in [0.1, 0.15) is 0 Å². The SMILES string of the molecule is Cc1ccc2c3ccccc3n(-c3ccc(I)cc3)c2c1. The maximum Gasteiger partial charge on any atom is 0.0543 e. The van der Waals surface area contributed by atoms with E-state index >= 15 is 0 Å². The second-order valence-corrected chi connectivity index (χ2v) is 6.60. The maximum atomic E-state index is 2.35. The van der Waals surface area contributed by atoms with Crippen LogP contribution in [0.25, 0.3) is 27.5 Å². The van der Waals surface area contributed by atoms with Crippen LogP contribution in [0, 0.1) is 10.5 Å². The largest absolute Gasteiger partial charge is 0.309 e. The van der Waals surface area contributed by atoms with Crippen molar-refractivity contribution in [2.45, 2.75) is 6.92 Å². The molecule has 1 heterocycles. The molecule has 0 atom stereocenters. The van der Waals surface area contributed by atoms with Crippen LogP contribution < -0.4 is 0 Å². The van der Waals surface area contributed by atoms with Crippen molar-refractivity contribution in [3.63, 3.8) is 0 Å². The van der Waals surface area contributed by atoms with Crippen molar-refractivity contribution in [2.24, 2.45) is 0 Å². The number of rotatable bonds is 1. The molecule has 3 aromatic carbocycles. The van der Waals surface area contributed by atoms with Crippen molar-refractivity contribution in [3.05, 3.63) is 75.9 Å². The summed E-state index contributed by atoms with van der Waals surface area (Å²) in [5.74, 6) is 0. The quantitative estimate of drug-likeness (QED) is 0.372. The maximum absolute atomic E-state index is 2.35. The predicted molar refractivity (Wildman–Crippen MR) is 98.2 cm³/mol. The number of halogens is 1. The number of benzene rings is 3. The molecule has 0 fully saturated rings. The summed E-state index contributed by atoms with van der Waals surface area (Å²) in [6.07, 6.45) is 0. The third kappa shape index (κ3) is 2.05. The summed E-state index contributed by atoms with van der Waals surface area (Å²) in [4.78, 5) is 0. The van der Waals surface area contributed by atoms with Gasteiger partial charge in [0, 0.05) is 20.0 Å². The number of nitrogens with zero attached hydrogens (tertiary/aromatic N) is 1. The Bertz CT molecular complexity index is 949. The Kier molecular flexibility index (Phi) is 3.00. The molecule has 0 saturated carbocycles. The van der Waals surface area contributed by atoms with Crippen molar-refractivity contribution in [2.75, 3.05) is 0 Å². The minimum Gasteiger partial charge on any atom is -0.309 e. The molecule has 0 saturated heterocycles. The molecule has 0 amide bonds. The molecule has 1 nitrogen and oxygen atoms in total. The molecule has 0 aliphatic carbocycles.